The van der Waals surface area contributed by atoms with E-state index in [-0.39, 0.29) is 12.1 Å². The molecule has 21 heavy (non-hydrogen) atoms. The first-order valence-corrected chi connectivity index (χ1v) is 7.92. The van der Waals surface area contributed by atoms with Crippen molar-refractivity contribution in [2.45, 2.75) is 37.8 Å². The van der Waals surface area contributed by atoms with Crippen LogP contribution >= 0.6 is 15.9 Å². The number of rotatable bonds is 4. The normalized spacial score (nSPS) is 16.5. The maximum atomic E-state index is 12.1. The zero-order valence-electron chi connectivity index (χ0n) is 11.6. The molecule has 0 spiro atoms. The monoisotopic (exact) mass is 348 g/mol. The molecule has 1 heterocycles. The lowest BCUT2D eigenvalue weighted by atomic mass is 9.83. The van der Waals surface area contributed by atoms with Crippen molar-refractivity contribution in [3.63, 3.8) is 0 Å². The third-order valence-corrected chi connectivity index (χ3v) is 4.58. The second kappa shape index (κ2) is 6.12. The summed E-state index contributed by atoms with van der Waals surface area (Å²) in [6, 6.07) is 9.04. The molecule has 1 unspecified atom stereocenters. The van der Waals surface area contributed by atoms with Gasteiger partial charge in [-0.25, -0.2) is 4.98 Å². The van der Waals surface area contributed by atoms with Gasteiger partial charge in [0.1, 0.15) is 0 Å². The van der Waals surface area contributed by atoms with Crippen molar-refractivity contribution >= 4 is 15.9 Å². The fourth-order valence-corrected chi connectivity index (χ4v) is 2.75. The van der Waals surface area contributed by atoms with E-state index in [0.29, 0.717) is 5.92 Å². The van der Waals surface area contributed by atoms with Gasteiger partial charge in [0.2, 0.25) is 0 Å². The number of hydrogen-bond donors (Lipinski definition) is 1. The smallest absolute Gasteiger partial charge is 0.253 e. The molecule has 2 aromatic rings. The molecule has 0 radical (unpaired) electrons. The maximum absolute atomic E-state index is 12.1. The predicted molar refractivity (Wildman–Crippen MR) is 84.2 cm³/mol. The molecule has 1 aromatic carbocycles. The number of aromatic nitrogens is 2. The van der Waals surface area contributed by atoms with Crippen LogP contribution in [0.2, 0.25) is 0 Å². The van der Waals surface area contributed by atoms with E-state index in [1.807, 2.05) is 24.3 Å². The molecule has 1 N–H and O–H groups in total. The molecular formula is C16H17BrN2O2. The van der Waals surface area contributed by atoms with Crippen molar-refractivity contribution in [3.8, 4) is 0 Å². The van der Waals surface area contributed by atoms with Gasteiger partial charge in [0.25, 0.3) is 5.56 Å². The minimum Gasteiger partial charge on any atom is -0.387 e. The van der Waals surface area contributed by atoms with Crippen LogP contribution in [0.1, 0.15) is 42.5 Å². The van der Waals surface area contributed by atoms with E-state index in [4.69, 9.17) is 0 Å². The molecule has 1 atom stereocenters. The van der Waals surface area contributed by atoms with Crippen molar-refractivity contribution < 1.29 is 5.11 Å². The molecule has 1 aromatic heterocycles. The van der Waals surface area contributed by atoms with Crippen LogP contribution in [0.25, 0.3) is 0 Å². The Balaban J connectivity index is 1.75. The molecule has 0 saturated heterocycles. The molecule has 4 nitrogen and oxygen atoms in total. The molecule has 3 rings (SSSR count). The molecule has 0 amide bonds. The largest absolute Gasteiger partial charge is 0.387 e. The highest BCUT2D eigenvalue weighted by atomic mass is 79.9. The van der Waals surface area contributed by atoms with Gasteiger partial charge >= 0.3 is 0 Å². The SMILES string of the molecule is O=c1cc(C2CCC2)ncn1CC(O)c1ccc(Br)cc1. The summed E-state index contributed by atoms with van der Waals surface area (Å²) in [6.45, 7) is 0.221. The van der Waals surface area contributed by atoms with Crippen LogP contribution in [-0.2, 0) is 6.54 Å². The lowest BCUT2D eigenvalue weighted by Crippen LogP contribution is -2.25. The number of halogens is 1. The highest BCUT2D eigenvalue weighted by Gasteiger charge is 2.21. The zero-order valence-corrected chi connectivity index (χ0v) is 13.2. The fraction of sp³-hybridized carbons (Fsp3) is 0.375. The minimum atomic E-state index is -0.716. The summed E-state index contributed by atoms with van der Waals surface area (Å²) in [6.07, 6.45) is 4.30. The molecule has 0 aliphatic heterocycles. The highest BCUT2D eigenvalue weighted by molar-refractivity contribution is 9.10. The molecule has 1 fully saturated rings. The molecular weight excluding hydrogens is 332 g/mol. The van der Waals surface area contributed by atoms with E-state index in [0.717, 1.165) is 28.6 Å². The predicted octanol–water partition coefficient (Wildman–Crippen LogP) is 3.01. The number of aliphatic hydroxyl groups excluding tert-OH is 1. The number of benzene rings is 1. The number of hydrogen-bond acceptors (Lipinski definition) is 3. The second-order valence-corrected chi connectivity index (χ2v) is 6.42. The average molecular weight is 349 g/mol. The Hall–Kier alpha value is -1.46. The Bertz CT molecular complexity index is 677. The van der Waals surface area contributed by atoms with E-state index < -0.39 is 6.10 Å². The summed E-state index contributed by atoms with van der Waals surface area (Å²) in [4.78, 5) is 16.5. The van der Waals surface area contributed by atoms with Gasteiger partial charge < -0.3 is 5.11 Å². The number of aliphatic hydroxyl groups is 1. The summed E-state index contributed by atoms with van der Waals surface area (Å²) in [5, 5.41) is 10.2. The van der Waals surface area contributed by atoms with Crippen molar-refractivity contribution in [1.29, 1.82) is 0 Å². The summed E-state index contributed by atoms with van der Waals surface area (Å²) in [5.41, 5.74) is 1.58. The van der Waals surface area contributed by atoms with Gasteiger partial charge in [0.05, 0.1) is 24.7 Å². The highest BCUT2D eigenvalue weighted by Crippen LogP contribution is 2.34. The summed E-state index contributed by atoms with van der Waals surface area (Å²) < 4.78 is 2.43. The van der Waals surface area contributed by atoms with Crippen molar-refractivity contribution in [1.82, 2.24) is 9.55 Å². The van der Waals surface area contributed by atoms with Gasteiger partial charge in [-0.05, 0) is 30.5 Å². The van der Waals surface area contributed by atoms with E-state index in [2.05, 4.69) is 20.9 Å². The Kier molecular flexibility index (Phi) is 4.22. The van der Waals surface area contributed by atoms with Gasteiger partial charge in [0.15, 0.2) is 0 Å². The van der Waals surface area contributed by atoms with Gasteiger partial charge in [-0.2, -0.15) is 0 Å². The Morgan fingerprint density at radius 2 is 2.05 bits per heavy atom. The van der Waals surface area contributed by atoms with Crippen LogP contribution in [-0.4, -0.2) is 14.7 Å². The summed E-state index contributed by atoms with van der Waals surface area (Å²) in [5.74, 6) is 0.448. The first kappa shape index (κ1) is 14.5. The minimum absolute atomic E-state index is 0.0944. The van der Waals surface area contributed by atoms with Crippen LogP contribution in [0.15, 0.2) is 45.9 Å². The maximum Gasteiger partial charge on any atom is 0.253 e. The average Bonchev–Trinajstić information content (AvgIpc) is 2.40. The zero-order chi connectivity index (χ0) is 14.8. The summed E-state index contributed by atoms with van der Waals surface area (Å²) in [7, 11) is 0. The summed E-state index contributed by atoms with van der Waals surface area (Å²) >= 11 is 3.36. The molecule has 110 valence electrons. The molecule has 0 bridgehead atoms. The third kappa shape index (κ3) is 3.24. The van der Waals surface area contributed by atoms with Gasteiger partial charge in [0, 0.05) is 16.5 Å². The lowest BCUT2D eigenvalue weighted by Gasteiger charge is -2.24. The molecule has 1 saturated carbocycles. The Morgan fingerprint density at radius 3 is 2.62 bits per heavy atom. The first-order chi connectivity index (χ1) is 10.1. The van der Waals surface area contributed by atoms with Crippen molar-refractivity contribution in [2.24, 2.45) is 0 Å². The Labute approximate surface area is 131 Å². The van der Waals surface area contributed by atoms with Crippen LogP contribution in [0.4, 0.5) is 0 Å². The molecule has 5 heteroatoms. The van der Waals surface area contributed by atoms with Crippen LogP contribution in [0.3, 0.4) is 0 Å². The lowest BCUT2D eigenvalue weighted by molar-refractivity contribution is 0.154. The van der Waals surface area contributed by atoms with E-state index >= 15 is 0 Å². The molecule has 1 aliphatic carbocycles. The van der Waals surface area contributed by atoms with Crippen LogP contribution < -0.4 is 5.56 Å². The second-order valence-electron chi connectivity index (χ2n) is 5.50. The quantitative estimate of drug-likeness (QED) is 0.923. The number of nitrogens with zero attached hydrogens (tertiary/aromatic N) is 2. The molecule has 1 aliphatic rings. The van der Waals surface area contributed by atoms with Gasteiger partial charge in [-0.3, -0.25) is 9.36 Å². The Morgan fingerprint density at radius 1 is 1.33 bits per heavy atom. The van der Waals surface area contributed by atoms with E-state index in [1.54, 1.807) is 12.4 Å². The van der Waals surface area contributed by atoms with Crippen LogP contribution in [0, 0.1) is 0 Å². The van der Waals surface area contributed by atoms with Gasteiger partial charge in [-0.15, -0.1) is 0 Å². The van der Waals surface area contributed by atoms with Crippen molar-refractivity contribution in [3.05, 3.63) is 62.7 Å². The van der Waals surface area contributed by atoms with E-state index in [9.17, 15) is 9.90 Å². The standard InChI is InChI=1S/C16H17BrN2O2/c17-13-6-4-12(5-7-13)15(20)9-19-10-18-14(8-16(19)21)11-2-1-3-11/h4-8,10-11,15,20H,1-3,9H2. The van der Waals surface area contributed by atoms with Crippen molar-refractivity contribution in [2.75, 3.05) is 0 Å². The topological polar surface area (TPSA) is 55.1 Å². The van der Waals surface area contributed by atoms with Gasteiger partial charge in [-0.1, -0.05) is 34.5 Å². The van der Waals surface area contributed by atoms with E-state index in [1.165, 1.54) is 11.0 Å². The first-order valence-electron chi connectivity index (χ1n) is 7.13. The third-order valence-electron chi connectivity index (χ3n) is 4.05. The fourth-order valence-electron chi connectivity index (χ4n) is 2.48. The van der Waals surface area contributed by atoms with Crippen LogP contribution in [0.5, 0.6) is 0 Å².